The summed E-state index contributed by atoms with van der Waals surface area (Å²) in [6.07, 6.45) is 0. The molecule has 1 nitrogen and oxygen atoms in total. The van der Waals surface area contributed by atoms with Crippen molar-refractivity contribution in [3.05, 3.63) is 58.6 Å². The highest BCUT2D eigenvalue weighted by Crippen LogP contribution is 2.29. The lowest BCUT2D eigenvalue weighted by Crippen LogP contribution is -2.05. The van der Waals surface area contributed by atoms with Gasteiger partial charge in [-0.3, -0.25) is 0 Å². The smallest absolute Gasteiger partial charge is 0.126 e. The quantitative estimate of drug-likeness (QED) is 0.862. The first kappa shape index (κ1) is 13.0. The van der Waals surface area contributed by atoms with Crippen molar-refractivity contribution in [1.82, 2.24) is 0 Å². The van der Waals surface area contributed by atoms with Crippen LogP contribution >= 0.6 is 11.6 Å². The van der Waals surface area contributed by atoms with Crippen LogP contribution in [0.3, 0.4) is 0 Å². The fraction of sp³-hybridized carbons (Fsp3) is 0.143. The molecule has 94 valence electrons. The lowest BCUT2D eigenvalue weighted by atomic mass is 10.0. The average Bonchev–Trinajstić information content (AvgIpc) is 2.26. The maximum Gasteiger partial charge on any atom is 0.126 e. The van der Waals surface area contributed by atoms with Crippen LogP contribution in [0, 0.1) is 11.6 Å². The summed E-state index contributed by atoms with van der Waals surface area (Å²) in [6.45, 7) is 1.82. The molecule has 18 heavy (non-hydrogen) atoms. The Labute approximate surface area is 109 Å². The molecule has 2 N–H and O–H groups in total. The number of nitrogens with two attached hydrogens (primary N) is 1. The van der Waals surface area contributed by atoms with Crippen molar-refractivity contribution in [3.8, 4) is 11.1 Å². The summed E-state index contributed by atoms with van der Waals surface area (Å²) in [6, 6.07) is 8.36. The summed E-state index contributed by atoms with van der Waals surface area (Å²) in [5, 5.41) is 0.493. The van der Waals surface area contributed by atoms with Crippen LogP contribution < -0.4 is 5.73 Å². The minimum Gasteiger partial charge on any atom is -0.324 e. The molecule has 0 fully saturated rings. The van der Waals surface area contributed by atoms with Crippen LogP contribution in [0.25, 0.3) is 11.1 Å². The Kier molecular flexibility index (Phi) is 3.64. The van der Waals surface area contributed by atoms with Crippen LogP contribution in [0.5, 0.6) is 0 Å². The Bertz CT molecular complexity index is 562. The van der Waals surface area contributed by atoms with Crippen LogP contribution in [0.15, 0.2) is 36.4 Å². The summed E-state index contributed by atoms with van der Waals surface area (Å²) in [7, 11) is 0. The van der Waals surface area contributed by atoms with Gasteiger partial charge in [0.15, 0.2) is 0 Å². The van der Waals surface area contributed by atoms with Gasteiger partial charge in [-0.1, -0.05) is 23.7 Å². The zero-order chi connectivity index (χ0) is 13.3. The average molecular weight is 268 g/mol. The second-order valence-electron chi connectivity index (χ2n) is 4.18. The van der Waals surface area contributed by atoms with E-state index in [1.807, 2.05) is 6.92 Å². The van der Waals surface area contributed by atoms with Gasteiger partial charge in [0.2, 0.25) is 0 Å². The Balaban J connectivity index is 2.48. The highest BCUT2D eigenvalue weighted by molar-refractivity contribution is 6.31. The summed E-state index contributed by atoms with van der Waals surface area (Å²) in [5.41, 5.74) is 7.66. The lowest BCUT2D eigenvalue weighted by molar-refractivity contribution is 0.584. The lowest BCUT2D eigenvalue weighted by Gasteiger charge is -2.10. The van der Waals surface area contributed by atoms with Crippen molar-refractivity contribution in [3.63, 3.8) is 0 Å². The molecule has 1 unspecified atom stereocenters. The van der Waals surface area contributed by atoms with Gasteiger partial charge in [-0.2, -0.15) is 0 Å². The van der Waals surface area contributed by atoms with E-state index >= 15 is 0 Å². The van der Waals surface area contributed by atoms with Crippen LogP contribution in [0.4, 0.5) is 8.78 Å². The third-order valence-corrected chi connectivity index (χ3v) is 3.01. The second kappa shape index (κ2) is 5.04. The van der Waals surface area contributed by atoms with Crippen molar-refractivity contribution >= 4 is 11.6 Å². The van der Waals surface area contributed by atoms with Gasteiger partial charge in [0.1, 0.15) is 11.6 Å². The molecule has 0 aliphatic rings. The van der Waals surface area contributed by atoms with Gasteiger partial charge in [-0.25, -0.2) is 8.78 Å². The summed E-state index contributed by atoms with van der Waals surface area (Å²) < 4.78 is 26.3. The van der Waals surface area contributed by atoms with Crippen molar-refractivity contribution in [2.24, 2.45) is 5.73 Å². The van der Waals surface area contributed by atoms with Gasteiger partial charge < -0.3 is 5.73 Å². The fourth-order valence-corrected chi connectivity index (χ4v) is 2.15. The molecule has 0 radical (unpaired) electrons. The monoisotopic (exact) mass is 267 g/mol. The van der Waals surface area contributed by atoms with Crippen LogP contribution in [-0.4, -0.2) is 0 Å². The van der Waals surface area contributed by atoms with E-state index in [1.54, 1.807) is 18.2 Å². The largest absolute Gasteiger partial charge is 0.324 e. The number of halogens is 3. The van der Waals surface area contributed by atoms with Gasteiger partial charge in [0, 0.05) is 17.1 Å². The fourth-order valence-electron chi connectivity index (χ4n) is 1.80. The van der Waals surface area contributed by atoms with E-state index in [0.717, 1.165) is 11.6 Å². The Morgan fingerprint density at radius 2 is 1.61 bits per heavy atom. The molecule has 4 heteroatoms. The first-order chi connectivity index (χ1) is 8.47. The SMILES string of the molecule is CC(N)c1ccc(-c2cc(F)cc(F)c2)cc1Cl. The molecule has 0 saturated carbocycles. The zero-order valence-electron chi connectivity index (χ0n) is 9.75. The number of rotatable bonds is 2. The zero-order valence-corrected chi connectivity index (χ0v) is 10.5. The van der Waals surface area contributed by atoms with Crippen molar-refractivity contribution in [2.45, 2.75) is 13.0 Å². The Morgan fingerprint density at radius 1 is 1.00 bits per heavy atom. The number of benzene rings is 2. The maximum absolute atomic E-state index is 13.1. The van der Waals surface area contributed by atoms with E-state index in [4.69, 9.17) is 17.3 Å². The molecule has 0 saturated heterocycles. The van der Waals surface area contributed by atoms with Gasteiger partial charge in [0.05, 0.1) is 0 Å². The van der Waals surface area contributed by atoms with Crippen LogP contribution in [0.2, 0.25) is 5.02 Å². The van der Waals surface area contributed by atoms with Gasteiger partial charge in [-0.15, -0.1) is 0 Å². The van der Waals surface area contributed by atoms with Crippen LogP contribution in [-0.2, 0) is 0 Å². The summed E-state index contributed by atoms with van der Waals surface area (Å²) >= 11 is 6.09. The first-order valence-electron chi connectivity index (χ1n) is 5.49. The Hall–Kier alpha value is -1.45. The van der Waals surface area contributed by atoms with E-state index in [0.29, 0.717) is 16.1 Å². The molecule has 0 aliphatic heterocycles. The van der Waals surface area contributed by atoms with Crippen LogP contribution in [0.1, 0.15) is 18.5 Å². The Morgan fingerprint density at radius 3 is 2.11 bits per heavy atom. The summed E-state index contributed by atoms with van der Waals surface area (Å²) in [4.78, 5) is 0. The molecule has 0 aromatic heterocycles. The standard InChI is InChI=1S/C14H12ClF2N/c1-8(18)13-3-2-9(6-14(13)15)10-4-11(16)7-12(17)5-10/h2-8H,18H2,1H3. The van der Waals surface area contributed by atoms with E-state index < -0.39 is 11.6 Å². The van der Waals surface area contributed by atoms with Gasteiger partial charge >= 0.3 is 0 Å². The van der Waals surface area contributed by atoms with Gasteiger partial charge in [0.25, 0.3) is 0 Å². The van der Waals surface area contributed by atoms with Gasteiger partial charge in [-0.05, 0) is 41.8 Å². The molecule has 0 aliphatic carbocycles. The molecule has 0 amide bonds. The second-order valence-corrected chi connectivity index (χ2v) is 4.59. The highest BCUT2D eigenvalue weighted by atomic mass is 35.5. The molecule has 2 aromatic carbocycles. The summed E-state index contributed by atoms with van der Waals surface area (Å²) in [5.74, 6) is -1.23. The predicted octanol–water partition coefficient (Wildman–Crippen LogP) is 4.30. The predicted molar refractivity (Wildman–Crippen MR) is 69.4 cm³/mol. The number of hydrogen-bond acceptors (Lipinski definition) is 1. The first-order valence-corrected chi connectivity index (χ1v) is 5.86. The highest BCUT2D eigenvalue weighted by Gasteiger charge is 2.08. The van der Waals surface area contributed by atoms with Crippen molar-refractivity contribution in [2.75, 3.05) is 0 Å². The molecule has 1 atom stereocenters. The third kappa shape index (κ3) is 2.68. The molecule has 0 bridgehead atoms. The molecular formula is C14H12ClF2N. The molecule has 2 rings (SSSR count). The van der Waals surface area contributed by atoms with E-state index in [-0.39, 0.29) is 6.04 Å². The van der Waals surface area contributed by atoms with E-state index in [1.165, 1.54) is 12.1 Å². The molecule has 2 aromatic rings. The minimum atomic E-state index is -0.614. The van der Waals surface area contributed by atoms with E-state index in [2.05, 4.69) is 0 Å². The van der Waals surface area contributed by atoms with E-state index in [9.17, 15) is 8.78 Å². The minimum absolute atomic E-state index is 0.184. The molecule has 0 spiro atoms. The maximum atomic E-state index is 13.1. The topological polar surface area (TPSA) is 26.0 Å². The third-order valence-electron chi connectivity index (χ3n) is 2.69. The normalized spacial score (nSPS) is 12.5. The number of hydrogen-bond donors (Lipinski definition) is 1. The van der Waals surface area contributed by atoms with Crippen molar-refractivity contribution in [1.29, 1.82) is 0 Å². The van der Waals surface area contributed by atoms with Crippen molar-refractivity contribution < 1.29 is 8.78 Å². The molecule has 0 heterocycles. The molecular weight excluding hydrogens is 256 g/mol.